The number of hydrogen-bond donors (Lipinski definition) is 0. The summed E-state index contributed by atoms with van der Waals surface area (Å²) in [6, 6.07) is 5.29. The molecule has 0 saturated heterocycles. The fourth-order valence-electron chi connectivity index (χ4n) is 1.69. The average molecular weight is 309 g/mol. The Morgan fingerprint density at radius 3 is 2.61 bits per heavy atom. The minimum atomic E-state index is -1.90. The van der Waals surface area contributed by atoms with E-state index in [4.69, 9.17) is 39.5 Å². The molecule has 7 heteroatoms. The number of rotatable bonds is 1. The minimum Gasteiger partial charge on any atom is -0.474 e. The summed E-state index contributed by atoms with van der Waals surface area (Å²) in [6.45, 7) is 1.88. The Bertz CT molecular complexity index is 537. The molecule has 1 aromatic carbocycles. The highest BCUT2D eigenvalue weighted by Crippen LogP contribution is 2.41. The molecule has 4 nitrogen and oxygen atoms in total. The lowest BCUT2D eigenvalue weighted by atomic mass is 10.1. The molecule has 1 unspecified atom stereocenters. The van der Waals surface area contributed by atoms with Crippen molar-refractivity contribution in [2.45, 2.75) is 16.8 Å². The molecule has 0 fully saturated rings. The van der Waals surface area contributed by atoms with Gasteiger partial charge in [0.15, 0.2) is 0 Å². The van der Waals surface area contributed by atoms with E-state index < -0.39 is 14.8 Å². The Kier molecular flexibility index (Phi) is 3.45. The van der Waals surface area contributed by atoms with E-state index >= 15 is 0 Å². The van der Waals surface area contributed by atoms with Crippen LogP contribution in [0.2, 0.25) is 0 Å². The van der Waals surface area contributed by atoms with Crippen molar-refractivity contribution in [1.82, 2.24) is 0 Å². The van der Waals surface area contributed by atoms with E-state index in [0.717, 1.165) is 5.56 Å². The van der Waals surface area contributed by atoms with E-state index in [9.17, 15) is 10.1 Å². The number of halogens is 3. The summed E-state index contributed by atoms with van der Waals surface area (Å²) in [5.74, 6) is 0.461. The lowest BCUT2D eigenvalue weighted by molar-refractivity contribution is -0.433. The molecule has 1 atom stereocenters. The molecule has 18 heavy (non-hydrogen) atoms. The number of alkyl halides is 3. The van der Waals surface area contributed by atoms with E-state index in [1.165, 1.54) is 6.08 Å². The quantitative estimate of drug-likeness (QED) is 0.451. The predicted molar refractivity (Wildman–Crippen MR) is 70.9 cm³/mol. The van der Waals surface area contributed by atoms with Crippen LogP contribution in [0.3, 0.4) is 0 Å². The Morgan fingerprint density at radius 1 is 1.39 bits per heavy atom. The van der Waals surface area contributed by atoms with Gasteiger partial charge in [-0.25, -0.2) is 0 Å². The fourth-order valence-corrected chi connectivity index (χ4v) is 2.16. The highest BCUT2D eigenvalue weighted by atomic mass is 35.6. The summed E-state index contributed by atoms with van der Waals surface area (Å²) in [7, 11) is 0. The molecular formula is C11H8Cl3NO3. The molecule has 0 amide bonds. The van der Waals surface area contributed by atoms with Crippen LogP contribution >= 0.6 is 34.8 Å². The van der Waals surface area contributed by atoms with Gasteiger partial charge in [0.05, 0.1) is 4.92 Å². The molecule has 96 valence electrons. The zero-order chi connectivity index (χ0) is 13.5. The monoisotopic (exact) mass is 307 g/mol. The zero-order valence-corrected chi connectivity index (χ0v) is 11.5. The largest absolute Gasteiger partial charge is 0.474 e. The van der Waals surface area contributed by atoms with E-state index in [0.29, 0.717) is 11.3 Å². The molecule has 0 bridgehead atoms. The van der Waals surface area contributed by atoms with Crippen molar-refractivity contribution in [2.75, 3.05) is 0 Å². The zero-order valence-electron chi connectivity index (χ0n) is 9.19. The standard InChI is InChI=1S/C11H8Cl3NO3/c1-6-2-3-9-7(4-6)5-8(15(16)17)10(18-9)11(12,13)14/h2-5,10H,1H3. The first-order valence-electron chi connectivity index (χ1n) is 4.99. The van der Waals surface area contributed by atoms with Crippen LogP contribution in [0.1, 0.15) is 11.1 Å². The highest BCUT2D eigenvalue weighted by molar-refractivity contribution is 6.68. The van der Waals surface area contributed by atoms with Crippen molar-refractivity contribution in [3.8, 4) is 5.75 Å². The summed E-state index contributed by atoms with van der Waals surface area (Å²) in [5, 5.41) is 11.0. The summed E-state index contributed by atoms with van der Waals surface area (Å²) < 4.78 is 3.52. The molecular weight excluding hydrogens is 300 g/mol. The molecule has 1 aliphatic rings. The molecule has 0 aromatic heterocycles. The van der Waals surface area contributed by atoms with Crippen LogP contribution in [0, 0.1) is 17.0 Å². The van der Waals surface area contributed by atoms with Crippen molar-refractivity contribution in [3.05, 3.63) is 45.1 Å². The third kappa shape index (κ3) is 2.55. The Balaban J connectivity index is 2.53. The van der Waals surface area contributed by atoms with E-state index in [1.54, 1.807) is 12.1 Å². The molecule has 1 aliphatic heterocycles. The van der Waals surface area contributed by atoms with Crippen molar-refractivity contribution < 1.29 is 9.66 Å². The minimum absolute atomic E-state index is 0.270. The van der Waals surface area contributed by atoms with Crippen molar-refractivity contribution in [2.24, 2.45) is 0 Å². The first kappa shape index (κ1) is 13.5. The van der Waals surface area contributed by atoms with Crippen LogP contribution in [-0.4, -0.2) is 14.8 Å². The smallest absolute Gasteiger partial charge is 0.291 e. The normalized spacial score (nSPS) is 18.7. The average Bonchev–Trinajstić information content (AvgIpc) is 2.25. The maximum Gasteiger partial charge on any atom is 0.291 e. The molecule has 1 aromatic rings. The number of aryl methyl sites for hydroxylation is 1. The predicted octanol–water partition coefficient (Wildman–Crippen LogP) is 3.74. The van der Waals surface area contributed by atoms with E-state index in [-0.39, 0.29) is 5.70 Å². The van der Waals surface area contributed by atoms with Gasteiger partial charge >= 0.3 is 0 Å². The van der Waals surface area contributed by atoms with Gasteiger partial charge < -0.3 is 4.74 Å². The maximum absolute atomic E-state index is 11.0. The van der Waals surface area contributed by atoms with Crippen LogP contribution in [0.15, 0.2) is 23.9 Å². The van der Waals surface area contributed by atoms with Crippen LogP contribution < -0.4 is 4.74 Å². The third-order valence-corrected chi connectivity index (χ3v) is 3.08. The summed E-state index contributed by atoms with van der Waals surface area (Å²) in [5.41, 5.74) is 1.30. The molecule has 0 spiro atoms. The number of nitrogens with zero attached hydrogens (tertiary/aromatic N) is 1. The Morgan fingerprint density at radius 2 is 2.06 bits per heavy atom. The number of ether oxygens (including phenoxy) is 1. The lowest BCUT2D eigenvalue weighted by Gasteiger charge is -2.27. The topological polar surface area (TPSA) is 52.4 Å². The number of nitro groups is 1. The second-order valence-electron chi connectivity index (χ2n) is 3.91. The van der Waals surface area contributed by atoms with Gasteiger partial charge in [-0.3, -0.25) is 10.1 Å². The van der Waals surface area contributed by atoms with Gasteiger partial charge in [0.1, 0.15) is 5.75 Å². The van der Waals surface area contributed by atoms with Gasteiger partial charge in [0.25, 0.3) is 5.70 Å². The fraction of sp³-hybridized carbons (Fsp3) is 0.273. The summed E-state index contributed by atoms with van der Waals surface area (Å²) in [4.78, 5) is 10.4. The molecule has 0 radical (unpaired) electrons. The Hall–Kier alpha value is -0.970. The van der Waals surface area contributed by atoms with Crippen LogP contribution in [0.5, 0.6) is 5.75 Å². The van der Waals surface area contributed by atoms with Gasteiger partial charge in [-0.05, 0) is 19.1 Å². The third-order valence-electron chi connectivity index (χ3n) is 2.49. The molecule has 0 saturated carbocycles. The van der Waals surface area contributed by atoms with Crippen molar-refractivity contribution >= 4 is 40.9 Å². The Labute approximate surface area is 118 Å². The van der Waals surface area contributed by atoms with Crippen LogP contribution in [0.25, 0.3) is 6.08 Å². The number of hydrogen-bond acceptors (Lipinski definition) is 3. The first-order valence-corrected chi connectivity index (χ1v) is 6.12. The maximum atomic E-state index is 11.0. The van der Waals surface area contributed by atoms with Crippen LogP contribution in [-0.2, 0) is 0 Å². The van der Waals surface area contributed by atoms with Crippen molar-refractivity contribution in [1.29, 1.82) is 0 Å². The van der Waals surface area contributed by atoms with E-state index in [1.807, 2.05) is 13.0 Å². The van der Waals surface area contributed by atoms with E-state index in [2.05, 4.69) is 0 Å². The summed E-state index contributed by atoms with van der Waals surface area (Å²) in [6.07, 6.45) is 0.144. The summed E-state index contributed by atoms with van der Waals surface area (Å²) >= 11 is 17.1. The number of benzene rings is 1. The molecule has 0 aliphatic carbocycles. The second kappa shape index (κ2) is 4.61. The molecule has 1 heterocycles. The van der Waals surface area contributed by atoms with Gasteiger partial charge in [0, 0.05) is 11.6 Å². The molecule has 0 N–H and O–H groups in total. The van der Waals surface area contributed by atoms with Gasteiger partial charge in [-0.1, -0.05) is 46.4 Å². The SMILES string of the molecule is Cc1ccc2c(c1)C=C([N+](=O)[O-])C(C(Cl)(Cl)Cl)O2. The van der Waals surface area contributed by atoms with Gasteiger partial charge in [-0.15, -0.1) is 0 Å². The molecule has 2 rings (SSSR count). The van der Waals surface area contributed by atoms with Crippen LogP contribution in [0.4, 0.5) is 0 Å². The van der Waals surface area contributed by atoms with Crippen molar-refractivity contribution in [3.63, 3.8) is 0 Å². The lowest BCUT2D eigenvalue weighted by Crippen LogP contribution is -2.38. The van der Waals surface area contributed by atoms with Gasteiger partial charge in [0.2, 0.25) is 9.90 Å². The van der Waals surface area contributed by atoms with Gasteiger partial charge in [-0.2, -0.15) is 0 Å². The number of fused-ring (bicyclic) bond motifs is 1. The highest BCUT2D eigenvalue weighted by Gasteiger charge is 2.46. The second-order valence-corrected chi connectivity index (χ2v) is 6.28. The first-order chi connectivity index (χ1) is 8.29.